The number of furan rings is 1. The number of hydrogen-bond acceptors (Lipinski definition) is 3. The van der Waals surface area contributed by atoms with Crippen LogP contribution < -0.4 is 0 Å². The van der Waals surface area contributed by atoms with E-state index in [0.717, 1.165) is 0 Å². The van der Waals surface area contributed by atoms with Gasteiger partial charge in [0.05, 0.1) is 11.2 Å². The van der Waals surface area contributed by atoms with Crippen LogP contribution in [-0.4, -0.2) is 11.1 Å². The van der Waals surface area contributed by atoms with Crippen LogP contribution in [0.5, 0.6) is 0 Å². The zero-order chi connectivity index (χ0) is 8.27. The van der Waals surface area contributed by atoms with Gasteiger partial charge in [0.1, 0.15) is 5.76 Å². The molecule has 1 aromatic heterocycles. The Labute approximate surface area is 68.7 Å². The smallest absolute Gasteiger partial charge is 0.342 e. The summed E-state index contributed by atoms with van der Waals surface area (Å²) >= 11 is 3.71. The van der Waals surface area contributed by atoms with Crippen molar-refractivity contribution in [1.29, 1.82) is 0 Å². The van der Waals surface area contributed by atoms with Gasteiger partial charge in [-0.3, -0.25) is 0 Å². The Morgan fingerprint density at radius 3 is 2.91 bits per heavy atom. The lowest BCUT2D eigenvalue weighted by Crippen LogP contribution is -1.92. The van der Waals surface area contributed by atoms with Crippen molar-refractivity contribution in [3.63, 3.8) is 0 Å². The van der Waals surface area contributed by atoms with Gasteiger partial charge in [-0.1, -0.05) is 0 Å². The van der Waals surface area contributed by atoms with Crippen molar-refractivity contribution >= 4 is 24.7 Å². The summed E-state index contributed by atoms with van der Waals surface area (Å²) in [6.07, 6.45) is 2.81. The first-order valence-electron chi connectivity index (χ1n) is 2.87. The minimum absolute atomic E-state index is 0.0417. The molecule has 11 heavy (non-hydrogen) atoms. The minimum atomic E-state index is -1.07. The molecule has 58 valence electrons. The molecule has 3 nitrogen and oxygen atoms in total. The molecule has 0 bridgehead atoms. The molecule has 0 saturated carbocycles. The summed E-state index contributed by atoms with van der Waals surface area (Å²) < 4.78 is 4.87. The maximum Gasteiger partial charge on any atom is 0.342 e. The van der Waals surface area contributed by atoms with Crippen molar-refractivity contribution in [1.82, 2.24) is 0 Å². The predicted molar refractivity (Wildman–Crippen MR) is 43.3 cm³/mol. The van der Waals surface area contributed by atoms with Crippen molar-refractivity contribution in [2.75, 3.05) is 0 Å². The van der Waals surface area contributed by atoms with Crippen LogP contribution in [0.15, 0.2) is 27.7 Å². The Bertz CT molecular complexity index is 274. The molecule has 0 aliphatic rings. The molecule has 0 aliphatic heterocycles. The highest BCUT2D eigenvalue weighted by atomic mass is 32.1. The molecular formula is C7H6O3S. The summed E-state index contributed by atoms with van der Waals surface area (Å²) in [6, 6.07) is 3.33. The fraction of sp³-hybridized carbons (Fsp3) is 0. The number of hydrogen-bond donors (Lipinski definition) is 2. The lowest BCUT2D eigenvalue weighted by molar-refractivity contribution is -0.131. The Kier molecular flexibility index (Phi) is 2.38. The third-order valence-electron chi connectivity index (χ3n) is 1.04. The molecule has 0 radical (unpaired) electrons. The van der Waals surface area contributed by atoms with Crippen LogP contribution >= 0.6 is 12.6 Å². The fourth-order valence-corrected chi connectivity index (χ4v) is 0.697. The summed E-state index contributed by atoms with van der Waals surface area (Å²) in [5.74, 6) is -0.581. The molecule has 0 unspecified atom stereocenters. The van der Waals surface area contributed by atoms with Gasteiger partial charge >= 0.3 is 5.97 Å². The summed E-state index contributed by atoms with van der Waals surface area (Å²) in [6.45, 7) is 0. The van der Waals surface area contributed by atoms with Crippen LogP contribution in [0.2, 0.25) is 0 Å². The van der Waals surface area contributed by atoms with Crippen molar-refractivity contribution < 1.29 is 14.3 Å². The number of rotatable bonds is 2. The lowest BCUT2D eigenvalue weighted by Gasteiger charge is -1.88. The highest BCUT2D eigenvalue weighted by Crippen LogP contribution is 2.09. The normalized spacial score (nSPS) is 11.5. The zero-order valence-electron chi connectivity index (χ0n) is 5.52. The van der Waals surface area contributed by atoms with Gasteiger partial charge < -0.3 is 9.52 Å². The van der Waals surface area contributed by atoms with Gasteiger partial charge in [0, 0.05) is 6.08 Å². The van der Waals surface area contributed by atoms with E-state index in [2.05, 4.69) is 12.6 Å². The standard InChI is InChI=1S/C7H6O3S/c8-7(9)6(11)4-5-2-1-3-10-5/h1-4,11H,(H,8,9)/b6-4+. The van der Waals surface area contributed by atoms with Crippen LogP contribution in [0.25, 0.3) is 6.08 Å². The SMILES string of the molecule is O=C(O)/C(S)=C\c1ccco1. The Balaban J connectivity index is 2.82. The summed E-state index contributed by atoms with van der Waals surface area (Å²) in [4.78, 5) is 10.2. The second-order valence-corrected chi connectivity index (χ2v) is 2.33. The molecule has 1 aromatic rings. The first kappa shape index (κ1) is 7.94. The summed E-state index contributed by atoms with van der Waals surface area (Å²) in [5.41, 5.74) is 0. The maximum absolute atomic E-state index is 10.2. The van der Waals surface area contributed by atoms with Gasteiger partial charge in [-0.2, -0.15) is 0 Å². The molecule has 0 atom stereocenters. The van der Waals surface area contributed by atoms with E-state index in [1.54, 1.807) is 12.1 Å². The third-order valence-corrected chi connectivity index (χ3v) is 1.36. The topological polar surface area (TPSA) is 50.4 Å². The van der Waals surface area contributed by atoms with Crippen LogP contribution in [-0.2, 0) is 4.79 Å². The molecule has 0 spiro atoms. The molecule has 4 heteroatoms. The van der Waals surface area contributed by atoms with E-state index in [9.17, 15) is 4.79 Å². The quantitative estimate of drug-likeness (QED) is 0.524. The van der Waals surface area contributed by atoms with Gasteiger partial charge in [-0.05, 0) is 12.1 Å². The van der Waals surface area contributed by atoms with Crippen LogP contribution in [0.1, 0.15) is 5.76 Å². The van der Waals surface area contributed by atoms with Crippen molar-refractivity contribution in [3.8, 4) is 0 Å². The Hall–Kier alpha value is -1.16. The molecule has 0 fully saturated rings. The van der Waals surface area contributed by atoms with Crippen molar-refractivity contribution in [3.05, 3.63) is 29.1 Å². The van der Waals surface area contributed by atoms with Crippen molar-refractivity contribution in [2.45, 2.75) is 0 Å². The van der Waals surface area contributed by atoms with Gasteiger partial charge in [0.25, 0.3) is 0 Å². The van der Waals surface area contributed by atoms with Gasteiger partial charge in [-0.25, -0.2) is 4.79 Å². The number of carbonyl (C=O) groups is 1. The highest BCUT2D eigenvalue weighted by Gasteiger charge is 2.01. The number of aliphatic carboxylic acids is 1. The highest BCUT2D eigenvalue weighted by molar-refractivity contribution is 7.85. The lowest BCUT2D eigenvalue weighted by atomic mass is 10.4. The maximum atomic E-state index is 10.2. The average molecular weight is 170 g/mol. The van der Waals surface area contributed by atoms with E-state index in [1.165, 1.54) is 12.3 Å². The van der Waals surface area contributed by atoms with Gasteiger partial charge in [0.15, 0.2) is 0 Å². The molecule has 1 N–H and O–H groups in total. The first-order chi connectivity index (χ1) is 5.20. The van der Waals surface area contributed by atoms with E-state index in [-0.39, 0.29) is 4.91 Å². The van der Waals surface area contributed by atoms with Crippen molar-refractivity contribution in [2.24, 2.45) is 0 Å². The molecule has 0 aliphatic carbocycles. The predicted octanol–water partition coefficient (Wildman–Crippen LogP) is 1.63. The molecule has 0 aromatic carbocycles. The van der Waals surface area contributed by atoms with E-state index in [4.69, 9.17) is 9.52 Å². The van der Waals surface area contributed by atoms with Crippen LogP contribution in [0, 0.1) is 0 Å². The van der Waals surface area contributed by atoms with Crippen LogP contribution in [0.4, 0.5) is 0 Å². The molecule has 1 heterocycles. The fourth-order valence-electron chi connectivity index (χ4n) is 0.570. The van der Waals surface area contributed by atoms with Gasteiger partial charge in [-0.15, -0.1) is 12.6 Å². The Morgan fingerprint density at radius 2 is 2.45 bits per heavy atom. The molecule has 0 saturated heterocycles. The summed E-state index contributed by atoms with van der Waals surface area (Å²) in [5, 5.41) is 8.39. The largest absolute Gasteiger partial charge is 0.477 e. The van der Waals surface area contributed by atoms with E-state index in [1.807, 2.05) is 0 Å². The first-order valence-corrected chi connectivity index (χ1v) is 3.32. The number of carboxylic acids is 1. The Morgan fingerprint density at radius 1 is 1.73 bits per heavy atom. The molecule has 1 rings (SSSR count). The molecular weight excluding hydrogens is 164 g/mol. The zero-order valence-corrected chi connectivity index (χ0v) is 6.41. The summed E-state index contributed by atoms with van der Waals surface area (Å²) in [7, 11) is 0. The minimum Gasteiger partial charge on any atom is -0.477 e. The number of thiol groups is 1. The van der Waals surface area contributed by atoms with Gasteiger partial charge in [0.2, 0.25) is 0 Å². The third kappa shape index (κ3) is 2.16. The second kappa shape index (κ2) is 3.30. The molecule has 0 amide bonds. The van der Waals surface area contributed by atoms with Crippen LogP contribution in [0.3, 0.4) is 0 Å². The average Bonchev–Trinajstić information content (AvgIpc) is 2.39. The second-order valence-electron chi connectivity index (χ2n) is 1.85. The number of carboxylic acid groups (broad SMARTS) is 1. The van der Waals surface area contributed by atoms with E-state index >= 15 is 0 Å². The van der Waals surface area contributed by atoms with E-state index < -0.39 is 5.97 Å². The van der Waals surface area contributed by atoms with E-state index in [0.29, 0.717) is 5.76 Å². The monoisotopic (exact) mass is 170 g/mol.